The molecule has 1 N–H and O–H groups in total. The van der Waals surface area contributed by atoms with Crippen LogP contribution >= 0.6 is 11.6 Å². The minimum Gasteiger partial charge on any atom is -0.489 e. The van der Waals surface area contributed by atoms with Crippen LogP contribution in [0.1, 0.15) is 26.3 Å². The SMILES string of the molecule is CCOC(=N)COc1ccc(-c2noc(-c3ccc(OC(C)C)c(Cl)c3)n2)c(C)c1. The molecule has 1 heterocycles. The van der Waals surface area contributed by atoms with Crippen LogP contribution < -0.4 is 9.47 Å². The van der Waals surface area contributed by atoms with E-state index in [4.69, 9.17) is 35.7 Å². The van der Waals surface area contributed by atoms with E-state index in [0.29, 0.717) is 40.4 Å². The minimum atomic E-state index is 0.0306. The lowest BCUT2D eigenvalue weighted by Crippen LogP contribution is -2.13. The first-order chi connectivity index (χ1) is 14.4. The Hall–Kier alpha value is -3.06. The van der Waals surface area contributed by atoms with Crippen LogP contribution in [0.3, 0.4) is 0 Å². The van der Waals surface area contributed by atoms with E-state index in [9.17, 15) is 0 Å². The second-order valence-electron chi connectivity index (χ2n) is 6.86. The van der Waals surface area contributed by atoms with Crippen molar-refractivity contribution in [3.63, 3.8) is 0 Å². The van der Waals surface area contributed by atoms with E-state index < -0.39 is 0 Å². The van der Waals surface area contributed by atoms with E-state index in [-0.39, 0.29) is 18.6 Å². The second-order valence-corrected chi connectivity index (χ2v) is 7.26. The van der Waals surface area contributed by atoms with Crippen LogP contribution in [-0.4, -0.2) is 35.4 Å². The van der Waals surface area contributed by atoms with E-state index >= 15 is 0 Å². The normalized spacial score (nSPS) is 10.9. The molecule has 3 rings (SSSR count). The highest BCUT2D eigenvalue weighted by molar-refractivity contribution is 6.32. The van der Waals surface area contributed by atoms with Gasteiger partial charge in [-0.05, 0) is 69.7 Å². The van der Waals surface area contributed by atoms with Crippen molar-refractivity contribution < 1.29 is 18.7 Å². The Kier molecular flexibility index (Phi) is 6.95. The quantitative estimate of drug-likeness (QED) is 0.373. The molecule has 0 radical (unpaired) electrons. The summed E-state index contributed by atoms with van der Waals surface area (Å²) in [6.45, 7) is 8.16. The Morgan fingerprint density at radius 1 is 1.20 bits per heavy atom. The Morgan fingerprint density at radius 2 is 2.00 bits per heavy atom. The fraction of sp³-hybridized carbons (Fsp3) is 0.318. The highest BCUT2D eigenvalue weighted by atomic mass is 35.5. The van der Waals surface area contributed by atoms with Crippen molar-refractivity contribution in [1.29, 1.82) is 5.41 Å². The molecule has 7 nitrogen and oxygen atoms in total. The largest absolute Gasteiger partial charge is 0.489 e. The van der Waals surface area contributed by atoms with Gasteiger partial charge in [0.15, 0.2) is 6.61 Å². The fourth-order valence-electron chi connectivity index (χ4n) is 2.78. The van der Waals surface area contributed by atoms with Crippen LogP contribution in [0.5, 0.6) is 11.5 Å². The molecule has 0 fully saturated rings. The molecule has 0 saturated carbocycles. The third-order valence-corrected chi connectivity index (χ3v) is 4.39. The lowest BCUT2D eigenvalue weighted by Gasteiger charge is -2.11. The van der Waals surface area contributed by atoms with Gasteiger partial charge in [0.1, 0.15) is 11.5 Å². The number of hydrogen-bond donors (Lipinski definition) is 1. The highest BCUT2D eigenvalue weighted by Gasteiger charge is 2.15. The van der Waals surface area contributed by atoms with Gasteiger partial charge in [-0.1, -0.05) is 16.8 Å². The molecular weight excluding hydrogens is 406 g/mol. The Bertz CT molecular complexity index is 1030. The van der Waals surface area contributed by atoms with Crippen molar-refractivity contribution in [3.8, 4) is 34.3 Å². The molecule has 0 spiro atoms. The van der Waals surface area contributed by atoms with Crippen LogP contribution in [0.15, 0.2) is 40.9 Å². The van der Waals surface area contributed by atoms with E-state index in [1.165, 1.54) is 0 Å². The van der Waals surface area contributed by atoms with E-state index in [0.717, 1.165) is 11.1 Å². The van der Waals surface area contributed by atoms with E-state index in [2.05, 4.69) is 10.1 Å². The zero-order chi connectivity index (χ0) is 21.7. The highest BCUT2D eigenvalue weighted by Crippen LogP contribution is 2.32. The standard InChI is InChI=1S/C22H24ClN3O4/c1-5-27-20(24)12-28-16-7-8-17(14(4)10-16)21-25-22(30-26-21)15-6-9-19(18(23)11-15)29-13(2)3/h6-11,13,24H,5,12H2,1-4H3. The first kappa shape index (κ1) is 21.6. The summed E-state index contributed by atoms with van der Waals surface area (Å²) in [5.74, 6) is 2.17. The van der Waals surface area contributed by atoms with Gasteiger partial charge >= 0.3 is 0 Å². The number of halogens is 1. The summed E-state index contributed by atoms with van der Waals surface area (Å²) in [5, 5.41) is 12.2. The lowest BCUT2D eigenvalue weighted by atomic mass is 10.1. The number of aromatic nitrogens is 2. The Balaban J connectivity index is 1.76. The molecule has 0 bridgehead atoms. The van der Waals surface area contributed by atoms with Crippen molar-refractivity contribution in [2.45, 2.75) is 33.8 Å². The number of hydrogen-bond acceptors (Lipinski definition) is 7. The van der Waals surface area contributed by atoms with Gasteiger partial charge in [0.25, 0.3) is 5.89 Å². The van der Waals surface area contributed by atoms with E-state index in [1.54, 1.807) is 18.2 Å². The topological polar surface area (TPSA) is 90.5 Å². The molecule has 1 aromatic heterocycles. The summed E-state index contributed by atoms with van der Waals surface area (Å²) in [5.41, 5.74) is 2.45. The molecule has 8 heteroatoms. The third-order valence-electron chi connectivity index (χ3n) is 4.09. The van der Waals surface area contributed by atoms with Crippen molar-refractivity contribution in [3.05, 3.63) is 47.0 Å². The zero-order valence-corrected chi connectivity index (χ0v) is 18.1. The molecule has 2 aromatic carbocycles. The molecule has 0 saturated heterocycles. The van der Waals surface area contributed by atoms with Crippen LogP contribution in [0, 0.1) is 12.3 Å². The molecule has 30 heavy (non-hydrogen) atoms. The minimum absolute atomic E-state index is 0.0306. The predicted octanol–water partition coefficient (Wildman–Crippen LogP) is 5.55. The van der Waals surface area contributed by atoms with Crippen molar-refractivity contribution in [2.24, 2.45) is 0 Å². The summed E-state index contributed by atoms with van der Waals surface area (Å²) in [6.07, 6.45) is 0.0306. The van der Waals surface area contributed by atoms with Gasteiger partial charge in [-0.2, -0.15) is 4.98 Å². The molecule has 0 unspecified atom stereocenters. The zero-order valence-electron chi connectivity index (χ0n) is 17.4. The lowest BCUT2D eigenvalue weighted by molar-refractivity contribution is 0.242. The number of nitrogens with one attached hydrogen (secondary N) is 1. The predicted molar refractivity (Wildman–Crippen MR) is 116 cm³/mol. The molecule has 0 amide bonds. The van der Waals surface area contributed by atoms with Gasteiger partial charge in [-0.15, -0.1) is 0 Å². The van der Waals surface area contributed by atoms with Crippen LogP contribution in [0.4, 0.5) is 0 Å². The number of aryl methyl sites for hydroxylation is 1. The Labute approximate surface area is 180 Å². The molecular formula is C22H24ClN3O4. The first-order valence-corrected chi connectivity index (χ1v) is 9.99. The smallest absolute Gasteiger partial charge is 0.258 e. The first-order valence-electron chi connectivity index (χ1n) is 9.61. The Morgan fingerprint density at radius 3 is 2.67 bits per heavy atom. The third kappa shape index (κ3) is 5.30. The number of rotatable bonds is 8. The summed E-state index contributed by atoms with van der Waals surface area (Å²) in [7, 11) is 0. The van der Waals surface area contributed by atoms with Crippen LogP contribution in [-0.2, 0) is 4.74 Å². The van der Waals surface area contributed by atoms with Gasteiger partial charge in [0.05, 0.1) is 17.7 Å². The molecule has 0 aliphatic rings. The maximum Gasteiger partial charge on any atom is 0.258 e. The van der Waals surface area contributed by atoms with Gasteiger partial charge < -0.3 is 18.7 Å². The summed E-state index contributed by atoms with van der Waals surface area (Å²) >= 11 is 6.31. The molecule has 0 atom stereocenters. The average molecular weight is 430 g/mol. The summed E-state index contributed by atoms with van der Waals surface area (Å²) < 4.78 is 21.7. The van der Waals surface area contributed by atoms with Gasteiger partial charge in [0, 0.05) is 11.1 Å². The molecule has 0 aliphatic heterocycles. The summed E-state index contributed by atoms with van der Waals surface area (Å²) in [6, 6.07) is 10.9. The fourth-order valence-corrected chi connectivity index (χ4v) is 3.00. The monoisotopic (exact) mass is 429 g/mol. The van der Waals surface area contributed by atoms with Crippen molar-refractivity contribution >= 4 is 17.5 Å². The molecule has 158 valence electrons. The van der Waals surface area contributed by atoms with Crippen molar-refractivity contribution in [2.75, 3.05) is 13.2 Å². The van der Waals surface area contributed by atoms with Crippen LogP contribution in [0.25, 0.3) is 22.8 Å². The van der Waals surface area contributed by atoms with Gasteiger partial charge in [-0.3, -0.25) is 5.41 Å². The van der Waals surface area contributed by atoms with E-state index in [1.807, 2.05) is 45.9 Å². The van der Waals surface area contributed by atoms with Gasteiger partial charge in [0.2, 0.25) is 11.7 Å². The average Bonchev–Trinajstić information content (AvgIpc) is 3.18. The molecule has 3 aromatic rings. The summed E-state index contributed by atoms with van der Waals surface area (Å²) in [4.78, 5) is 4.50. The second kappa shape index (κ2) is 9.63. The van der Waals surface area contributed by atoms with Crippen molar-refractivity contribution in [1.82, 2.24) is 10.1 Å². The van der Waals surface area contributed by atoms with Crippen LogP contribution in [0.2, 0.25) is 5.02 Å². The maximum atomic E-state index is 7.62. The number of ether oxygens (including phenoxy) is 3. The van der Waals surface area contributed by atoms with Gasteiger partial charge in [-0.25, -0.2) is 0 Å². The maximum absolute atomic E-state index is 7.62. The number of nitrogens with zero attached hydrogens (tertiary/aromatic N) is 2. The molecule has 0 aliphatic carbocycles. The number of benzene rings is 2.